The molecule has 0 aliphatic heterocycles. The van der Waals surface area contributed by atoms with Crippen LogP contribution in [0.15, 0.2) is 46.9 Å². The Hall–Kier alpha value is -1.63. The summed E-state index contributed by atoms with van der Waals surface area (Å²) in [4.78, 5) is 12.8. The molecule has 0 heterocycles. The molecule has 4 nitrogen and oxygen atoms in total. The highest BCUT2D eigenvalue weighted by atomic mass is 79.9. The first-order valence-corrected chi connectivity index (χ1v) is 13.9. The van der Waals surface area contributed by atoms with Crippen molar-refractivity contribution in [3.63, 3.8) is 0 Å². The number of methoxy groups -OCH3 is 1. The Morgan fingerprint density at radius 1 is 1.03 bits per heavy atom. The summed E-state index contributed by atoms with van der Waals surface area (Å²) >= 11 is 3.51. The van der Waals surface area contributed by atoms with Crippen LogP contribution in [0.1, 0.15) is 38.3 Å². The number of halogens is 1. The molecule has 0 radical (unpaired) electrons. The van der Waals surface area contributed by atoms with Gasteiger partial charge in [0.05, 0.1) is 4.47 Å². The third-order valence-corrected chi connectivity index (χ3v) is 10.5. The maximum Gasteiger partial charge on any atom is 0.250 e. The number of benzene rings is 2. The molecular formula is C24H33BrO4Si. The Bertz CT molecular complexity index is 859. The molecule has 0 saturated heterocycles. The van der Waals surface area contributed by atoms with Gasteiger partial charge in [-0.2, -0.15) is 0 Å². The van der Waals surface area contributed by atoms with Gasteiger partial charge in [-0.05, 0) is 58.2 Å². The standard InChI is InChI=1S/C24H33BrO4Si/c1-24(2,3)30(5,6)29-22-13-8-7-10-19(22)16-20(26)15-14-18-11-9-12-21(25)23(18)28-17-27-4/h7-13H,14-17H2,1-6H3. The number of aryl methyl sites for hydroxylation is 1. The number of carbonyl (C=O) groups is 1. The Morgan fingerprint density at radius 2 is 1.70 bits per heavy atom. The van der Waals surface area contributed by atoms with Gasteiger partial charge in [-0.15, -0.1) is 0 Å². The van der Waals surface area contributed by atoms with E-state index in [2.05, 4.69) is 49.8 Å². The van der Waals surface area contributed by atoms with E-state index >= 15 is 0 Å². The van der Waals surface area contributed by atoms with Crippen molar-refractivity contribution in [2.24, 2.45) is 0 Å². The van der Waals surface area contributed by atoms with Gasteiger partial charge in [0.1, 0.15) is 17.3 Å². The highest BCUT2D eigenvalue weighted by molar-refractivity contribution is 9.10. The predicted molar refractivity (Wildman–Crippen MR) is 128 cm³/mol. The van der Waals surface area contributed by atoms with Gasteiger partial charge in [-0.25, -0.2) is 0 Å². The summed E-state index contributed by atoms with van der Waals surface area (Å²) in [5.74, 6) is 1.75. The van der Waals surface area contributed by atoms with Crippen molar-refractivity contribution >= 4 is 30.0 Å². The van der Waals surface area contributed by atoms with Crippen molar-refractivity contribution in [3.05, 3.63) is 58.1 Å². The Labute approximate surface area is 190 Å². The fraction of sp³-hybridized carbons (Fsp3) is 0.458. The van der Waals surface area contributed by atoms with Crippen LogP contribution in [-0.2, 0) is 22.4 Å². The molecule has 2 rings (SSSR count). The molecule has 0 spiro atoms. The van der Waals surface area contributed by atoms with Gasteiger partial charge in [0, 0.05) is 25.5 Å². The minimum absolute atomic E-state index is 0.101. The summed E-state index contributed by atoms with van der Waals surface area (Å²) in [7, 11) is -0.384. The lowest BCUT2D eigenvalue weighted by Crippen LogP contribution is -2.44. The second-order valence-corrected chi connectivity index (χ2v) is 14.5. The van der Waals surface area contributed by atoms with E-state index in [1.807, 2.05) is 42.5 Å². The molecule has 6 heteroatoms. The third kappa shape index (κ3) is 6.69. The number of ketones is 1. The summed E-state index contributed by atoms with van der Waals surface area (Å²) in [6, 6.07) is 13.8. The molecule has 0 saturated carbocycles. The largest absolute Gasteiger partial charge is 0.543 e. The average molecular weight is 494 g/mol. The third-order valence-electron chi connectivity index (χ3n) is 5.57. The average Bonchev–Trinajstić information content (AvgIpc) is 2.66. The van der Waals surface area contributed by atoms with Crippen molar-refractivity contribution in [3.8, 4) is 11.5 Å². The number of carbonyl (C=O) groups excluding carboxylic acids is 1. The quantitative estimate of drug-likeness (QED) is 0.278. The van der Waals surface area contributed by atoms with Crippen molar-refractivity contribution < 1.29 is 18.7 Å². The fourth-order valence-electron chi connectivity index (χ4n) is 2.78. The monoisotopic (exact) mass is 492 g/mol. The molecule has 0 aromatic heterocycles. The van der Waals surface area contributed by atoms with Crippen LogP contribution in [0.3, 0.4) is 0 Å². The zero-order chi connectivity index (χ0) is 22.4. The maximum absolute atomic E-state index is 12.8. The van der Waals surface area contributed by atoms with Crippen LogP contribution >= 0.6 is 15.9 Å². The van der Waals surface area contributed by atoms with Gasteiger partial charge in [-0.3, -0.25) is 4.79 Å². The minimum Gasteiger partial charge on any atom is -0.543 e. The summed E-state index contributed by atoms with van der Waals surface area (Å²) < 4.78 is 18.0. The Morgan fingerprint density at radius 3 is 2.37 bits per heavy atom. The first-order valence-electron chi connectivity index (χ1n) is 10.2. The van der Waals surface area contributed by atoms with E-state index in [1.165, 1.54) is 0 Å². The number of hydrogen-bond donors (Lipinski definition) is 0. The van der Waals surface area contributed by atoms with E-state index in [-0.39, 0.29) is 17.6 Å². The van der Waals surface area contributed by atoms with Gasteiger partial charge in [0.15, 0.2) is 6.79 Å². The lowest BCUT2D eigenvalue weighted by molar-refractivity contribution is -0.118. The smallest absolute Gasteiger partial charge is 0.250 e. The van der Waals surface area contributed by atoms with Crippen LogP contribution in [0.2, 0.25) is 18.1 Å². The van der Waals surface area contributed by atoms with E-state index in [0.29, 0.717) is 19.3 Å². The number of ether oxygens (including phenoxy) is 2. The van der Waals surface area contributed by atoms with Crippen LogP contribution in [-0.4, -0.2) is 28.0 Å². The number of hydrogen-bond acceptors (Lipinski definition) is 4. The first kappa shape index (κ1) is 24.6. The molecule has 0 unspecified atom stereocenters. The van der Waals surface area contributed by atoms with Crippen molar-refractivity contribution in [2.45, 2.75) is 58.2 Å². The Balaban J connectivity index is 2.08. The van der Waals surface area contributed by atoms with Crippen molar-refractivity contribution in [1.29, 1.82) is 0 Å². The molecular weight excluding hydrogens is 460 g/mol. The SMILES string of the molecule is COCOc1c(Br)cccc1CCC(=O)Cc1ccccc1O[Si](C)(C)C(C)(C)C. The molecule has 164 valence electrons. The van der Waals surface area contributed by atoms with Gasteiger partial charge < -0.3 is 13.9 Å². The lowest BCUT2D eigenvalue weighted by atomic mass is 10.0. The number of para-hydroxylation sites is 2. The highest BCUT2D eigenvalue weighted by Crippen LogP contribution is 2.38. The molecule has 0 atom stereocenters. The topological polar surface area (TPSA) is 44.8 Å². The summed E-state index contributed by atoms with van der Waals surface area (Å²) in [6.45, 7) is 11.3. The molecule has 0 bridgehead atoms. The van der Waals surface area contributed by atoms with Gasteiger partial charge in [-0.1, -0.05) is 51.1 Å². The van der Waals surface area contributed by atoms with Crippen LogP contribution in [0.4, 0.5) is 0 Å². The summed E-state index contributed by atoms with van der Waals surface area (Å²) in [5, 5.41) is 0.101. The van der Waals surface area contributed by atoms with Crippen LogP contribution in [0, 0.1) is 0 Å². The normalized spacial score (nSPS) is 12.0. The van der Waals surface area contributed by atoms with Crippen LogP contribution in [0.25, 0.3) is 0 Å². The highest BCUT2D eigenvalue weighted by Gasteiger charge is 2.39. The second kappa shape index (κ2) is 10.6. The van der Waals surface area contributed by atoms with Crippen LogP contribution in [0.5, 0.6) is 11.5 Å². The molecule has 0 amide bonds. The van der Waals surface area contributed by atoms with Gasteiger partial charge >= 0.3 is 0 Å². The summed E-state index contributed by atoms with van der Waals surface area (Å²) in [6.07, 6.45) is 1.42. The lowest BCUT2D eigenvalue weighted by Gasteiger charge is -2.37. The maximum atomic E-state index is 12.8. The number of rotatable bonds is 10. The van der Waals surface area contributed by atoms with Crippen LogP contribution < -0.4 is 9.16 Å². The fourth-order valence-corrected chi connectivity index (χ4v) is 4.36. The minimum atomic E-state index is -1.97. The Kier molecular flexibility index (Phi) is 8.70. The summed E-state index contributed by atoms with van der Waals surface area (Å²) in [5.41, 5.74) is 1.94. The first-order chi connectivity index (χ1) is 14.0. The number of Topliss-reactive ketones (excluding diaryl/α,β-unsaturated/α-hetero) is 1. The zero-order valence-corrected chi connectivity index (χ0v) is 21.5. The molecule has 0 fully saturated rings. The van der Waals surface area contributed by atoms with E-state index in [0.717, 1.165) is 27.1 Å². The molecule has 0 aliphatic carbocycles. The molecule has 0 aliphatic rings. The van der Waals surface area contributed by atoms with E-state index < -0.39 is 8.32 Å². The van der Waals surface area contributed by atoms with Gasteiger partial charge in [0.25, 0.3) is 0 Å². The molecule has 30 heavy (non-hydrogen) atoms. The van der Waals surface area contributed by atoms with Crippen molar-refractivity contribution in [2.75, 3.05) is 13.9 Å². The van der Waals surface area contributed by atoms with E-state index in [4.69, 9.17) is 13.9 Å². The molecule has 2 aromatic carbocycles. The van der Waals surface area contributed by atoms with E-state index in [1.54, 1.807) is 7.11 Å². The van der Waals surface area contributed by atoms with Crippen molar-refractivity contribution in [1.82, 2.24) is 0 Å². The van der Waals surface area contributed by atoms with Gasteiger partial charge in [0.2, 0.25) is 8.32 Å². The molecule has 2 aromatic rings. The second-order valence-electron chi connectivity index (χ2n) is 8.96. The predicted octanol–water partition coefficient (Wildman–Crippen LogP) is 6.56. The molecule has 0 N–H and O–H groups in total. The van der Waals surface area contributed by atoms with E-state index in [9.17, 15) is 4.79 Å². The zero-order valence-electron chi connectivity index (χ0n) is 18.9.